The zero-order chi connectivity index (χ0) is 22.4. The maximum absolute atomic E-state index is 12.2. The van der Waals surface area contributed by atoms with Crippen molar-refractivity contribution >= 4 is 12.4 Å². The van der Waals surface area contributed by atoms with Crippen molar-refractivity contribution in [1.29, 1.82) is 0 Å². The lowest BCUT2D eigenvalue weighted by atomic mass is 10.1. The number of carboxylic acid groups (broad SMARTS) is 1. The highest BCUT2D eigenvalue weighted by atomic mass is 16.5. The zero-order valence-electron chi connectivity index (χ0n) is 18.6. The van der Waals surface area contributed by atoms with E-state index in [4.69, 9.17) is 19.4 Å². The highest BCUT2D eigenvalue weighted by molar-refractivity contribution is 5.76. The number of rotatable bonds is 11. The van der Waals surface area contributed by atoms with Gasteiger partial charge in [0.2, 0.25) is 11.7 Å². The smallest absolute Gasteiger partial charge is 0.290 e. The molecule has 7 nitrogen and oxygen atoms in total. The number of hydrogen-bond acceptors (Lipinski definition) is 5. The Labute approximate surface area is 174 Å². The van der Waals surface area contributed by atoms with Gasteiger partial charge in [0.05, 0.1) is 13.2 Å². The Morgan fingerprint density at radius 3 is 1.93 bits per heavy atom. The molecule has 0 aliphatic heterocycles. The minimum Gasteiger partial charge on any atom is -0.502 e. The number of carbonyl (C=O) groups excluding carboxylic acids is 1. The lowest BCUT2D eigenvalue weighted by molar-refractivity contribution is -0.129. The van der Waals surface area contributed by atoms with E-state index in [1.165, 1.54) is 0 Å². The molecule has 0 aromatic heterocycles. The van der Waals surface area contributed by atoms with E-state index in [2.05, 4.69) is 34.6 Å². The largest absolute Gasteiger partial charge is 0.502 e. The first-order valence-corrected chi connectivity index (χ1v) is 10.1. The second kappa shape index (κ2) is 14.5. The molecule has 2 N–H and O–H groups in total. The molecule has 0 fully saturated rings. The van der Waals surface area contributed by atoms with Crippen LogP contribution in [-0.2, 0) is 16.0 Å². The first-order valence-electron chi connectivity index (χ1n) is 10.1. The number of nitrogens with zero attached hydrogens (tertiary/aromatic N) is 1. The van der Waals surface area contributed by atoms with Crippen molar-refractivity contribution in [2.24, 2.45) is 11.8 Å². The van der Waals surface area contributed by atoms with Crippen molar-refractivity contribution in [2.75, 3.05) is 26.8 Å². The first-order chi connectivity index (χ1) is 13.7. The molecule has 0 atom stereocenters. The van der Waals surface area contributed by atoms with Crippen LogP contribution in [0.5, 0.6) is 17.2 Å². The Hall–Kier alpha value is -2.44. The van der Waals surface area contributed by atoms with Crippen LogP contribution in [0.2, 0.25) is 0 Å². The second-order valence-corrected chi connectivity index (χ2v) is 7.77. The van der Waals surface area contributed by atoms with Crippen LogP contribution < -0.4 is 9.47 Å². The summed E-state index contributed by atoms with van der Waals surface area (Å²) in [5.41, 5.74) is 0.929. The van der Waals surface area contributed by atoms with Crippen LogP contribution >= 0.6 is 0 Å². The van der Waals surface area contributed by atoms with Crippen molar-refractivity contribution in [3.8, 4) is 17.2 Å². The SMILES string of the molecule is CCCN(C)C(=O)CCc1cc(OCC(C)C)c(O)c(OCC(C)C)c1.O=CO. The molecule has 0 heterocycles. The molecule has 1 aromatic rings. The van der Waals surface area contributed by atoms with E-state index in [9.17, 15) is 9.90 Å². The van der Waals surface area contributed by atoms with E-state index in [1.807, 2.05) is 19.2 Å². The van der Waals surface area contributed by atoms with Gasteiger partial charge in [-0.15, -0.1) is 0 Å². The molecule has 1 aromatic carbocycles. The molecule has 0 aliphatic carbocycles. The molecular formula is C22H37NO6. The van der Waals surface area contributed by atoms with Gasteiger partial charge < -0.3 is 24.6 Å². The fourth-order valence-electron chi connectivity index (χ4n) is 2.42. The summed E-state index contributed by atoms with van der Waals surface area (Å²) in [5.74, 6) is 1.69. The summed E-state index contributed by atoms with van der Waals surface area (Å²) in [5, 5.41) is 17.3. The van der Waals surface area contributed by atoms with E-state index >= 15 is 0 Å². The molecule has 0 saturated heterocycles. The number of benzene rings is 1. The van der Waals surface area contributed by atoms with Gasteiger partial charge in [-0.25, -0.2) is 0 Å². The van der Waals surface area contributed by atoms with Crippen molar-refractivity contribution in [3.05, 3.63) is 17.7 Å². The molecule has 0 aliphatic rings. The van der Waals surface area contributed by atoms with Crippen LogP contribution in [0.25, 0.3) is 0 Å². The van der Waals surface area contributed by atoms with Gasteiger partial charge in [0.1, 0.15) is 0 Å². The Bertz CT molecular complexity index is 582. The van der Waals surface area contributed by atoms with Crippen molar-refractivity contribution < 1.29 is 29.3 Å². The Balaban J connectivity index is 0.00000245. The maximum Gasteiger partial charge on any atom is 0.290 e. The number of aryl methyl sites for hydroxylation is 1. The topological polar surface area (TPSA) is 96.3 Å². The molecule has 0 saturated carbocycles. The minimum atomic E-state index is -0.250. The number of phenols is 1. The van der Waals surface area contributed by atoms with Gasteiger partial charge in [-0.2, -0.15) is 0 Å². The number of aromatic hydroxyl groups is 1. The maximum atomic E-state index is 12.2. The quantitative estimate of drug-likeness (QED) is 0.535. The van der Waals surface area contributed by atoms with Crippen LogP contribution in [0.3, 0.4) is 0 Å². The number of amides is 1. The van der Waals surface area contributed by atoms with Crippen LogP contribution in [-0.4, -0.2) is 54.3 Å². The van der Waals surface area contributed by atoms with Crippen molar-refractivity contribution in [1.82, 2.24) is 4.90 Å². The lowest BCUT2D eigenvalue weighted by Crippen LogP contribution is -2.27. The summed E-state index contributed by atoms with van der Waals surface area (Å²) in [4.78, 5) is 22.3. The molecule has 1 rings (SSSR count). The van der Waals surface area contributed by atoms with Crippen molar-refractivity contribution in [2.45, 2.75) is 53.9 Å². The summed E-state index contributed by atoms with van der Waals surface area (Å²) in [6.07, 6.45) is 1.96. The first kappa shape index (κ1) is 26.6. The fourth-order valence-corrected chi connectivity index (χ4v) is 2.42. The van der Waals surface area contributed by atoms with Gasteiger partial charge in [-0.3, -0.25) is 9.59 Å². The molecule has 0 radical (unpaired) electrons. The predicted octanol–water partition coefficient (Wildman–Crippen LogP) is 3.96. The van der Waals surface area contributed by atoms with Gasteiger partial charge in [-0.05, 0) is 42.4 Å². The number of carbonyl (C=O) groups is 2. The molecule has 0 spiro atoms. The molecule has 0 unspecified atom stereocenters. The van der Waals surface area contributed by atoms with Crippen molar-refractivity contribution in [3.63, 3.8) is 0 Å². The monoisotopic (exact) mass is 411 g/mol. The van der Waals surface area contributed by atoms with Gasteiger partial charge in [0.25, 0.3) is 6.47 Å². The number of ether oxygens (including phenoxy) is 2. The lowest BCUT2D eigenvalue weighted by Gasteiger charge is -2.18. The third-order valence-corrected chi connectivity index (χ3v) is 3.86. The summed E-state index contributed by atoms with van der Waals surface area (Å²) in [6.45, 7) is 11.8. The summed E-state index contributed by atoms with van der Waals surface area (Å²) in [6, 6.07) is 3.63. The summed E-state index contributed by atoms with van der Waals surface area (Å²) < 4.78 is 11.5. The highest BCUT2D eigenvalue weighted by Gasteiger charge is 2.15. The predicted molar refractivity (Wildman–Crippen MR) is 114 cm³/mol. The molecule has 7 heteroatoms. The average molecular weight is 412 g/mol. The van der Waals surface area contributed by atoms with Crippen LogP contribution in [0.4, 0.5) is 0 Å². The molecule has 166 valence electrons. The fraction of sp³-hybridized carbons (Fsp3) is 0.636. The van der Waals surface area contributed by atoms with Gasteiger partial charge >= 0.3 is 0 Å². The van der Waals surface area contributed by atoms with Crippen LogP contribution in [0.1, 0.15) is 53.0 Å². The van der Waals surface area contributed by atoms with E-state index in [-0.39, 0.29) is 18.1 Å². The molecule has 1 amide bonds. The van der Waals surface area contributed by atoms with E-state index in [0.29, 0.717) is 49.4 Å². The Morgan fingerprint density at radius 2 is 1.55 bits per heavy atom. The number of phenolic OH excluding ortho intramolecular Hbond substituents is 1. The van der Waals surface area contributed by atoms with Gasteiger partial charge in [0, 0.05) is 20.0 Å². The molecule has 0 bridgehead atoms. The third kappa shape index (κ3) is 11.2. The minimum absolute atomic E-state index is 0.0319. The Kier molecular flexibility index (Phi) is 13.3. The van der Waals surface area contributed by atoms with Crippen LogP contribution in [0, 0.1) is 11.8 Å². The van der Waals surface area contributed by atoms with E-state index in [1.54, 1.807) is 4.90 Å². The normalized spacial score (nSPS) is 10.3. The molecular weight excluding hydrogens is 374 g/mol. The molecule has 29 heavy (non-hydrogen) atoms. The second-order valence-electron chi connectivity index (χ2n) is 7.77. The number of hydrogen-bond donors (Lipinski definition) is 2. The standard InChI is InChI=1S/C21H35NO4.CH2O2/c1-7-10-22(6)20(23)9-8-17-11-18(25-13-15(2)3)21(24)19(12-17)26-14-16(4)5;2-1-3/h11-12,15-16,24H,7-10,13-14H2,1-6H3;1H,(H,2,3). The van der Waals surface area contributed by atoms with Gasteiger partial charge in [0.15, 0.2) is 11.5 Å². The van der Waals surface area contributed by atoms with Crippen LogP contribution in [0.15, 0.2) is 12.1 Å². The van der Waals surface area contributed by atoms with E-state index in [0.717, 1.165) is 18.5 Å². The Morgan fingerprint density at radius 1 is 1.10 bits per heavy atom. The zero-order valence-corrected chi connectivity index (χ0v) is 18.6. The highest BCUT2D eigenvalue weighted by Crippen LogP contribution is 2.38. The average Bonchev–Trinajstić information content (AvgIpc) is 2.65. The van der Waals surface area contributed by atoms with Gasteiger partial charge in [-0.1, -0.05) is 34.6 Å². The third-order valence-electron chi connectivity index (χ3n) is 3.86. The summed E-state index contributed by atoms with van der Waals surface area (Å²) in [7, 11) is 1.83. The van der Waals surface area contributed by atoms with E-state index < -0.39 is 0 Å². The summed E-state index contributed by atoms with van der Waals surface area (Å²) >= 11 is 0.